The molecular weight excluding hydrogens is 402 g/mol. The Labute approximate surface area is 186 Å². The standard InChI is InChI=1S/C26H23N3O3/c1-16-9-11-17(12-10-16)23-22-24(28-27-23)26(30)29(19-7-5-4-6-8-19)25(22)18-13-14-20(31-2)21(15-18)32-3/h4-15,25H,1-3H3,(H,27,28)/t25-/m0/s1. The molecule has 1 aliphatic heterocycles. The summed E-state index contributed by atoms with van der Waals surface area (Å²) in [6.45, 7) is 2.05. The van der Waals surface area contributed by atoms with Crippen LogP contribution < -0.4 is 14.4 Å². The van der Waals surface area contributed by atoms with E-state index in [1.165, 1.54) is 5.56 Å². The predicted molar refractivity (Wildman–Crippen MR) is 123 cm³/mol. The Bertz CT molecular complexity index is 1280. The first-order valence-corrected chi connectivity index (χ1v) is 10.4. The number of carbonyl (C=O) groups is 1. The number of benzene rings is 3. The number of hydrogen-bond acceptors (Lipinski definition) is 4. The largest absolute Gasteiger partial charge is 0.493 e. The van der Waals surface area contributed by atoms with Crippen molar-refractivity contribution in [3.63, 3.8) is 0 Å². The molecule has 1 aliphatic rings. The van der Waals surface area contributed by atoms with Gasteiger partial charge in [-0.05, 0) is 36.8 Å². The number of aromatic nitrogens is 2. The molecule has 0 unspecified atom stereocenters. The Balaban J connectivity index is 1.73. The average molecular weight is 425 g/mol. The number of nitrogens with zero attached hydrogens (tertiary/aromatic N) is 2. The first-order valence-electron chi connectivity index (χ1n) is 10.4. The molecule has 1 aromatic heterocycles. The summed E-state index contributed by atoms with van der Waals surface area (Å²) in [5, 5.41) is 7.54. The number of carbonyl (C=O) groups excluding carboxylic acids is 1. The zero-order chi connectivity index (χ0) is 22.2. The Hall–Kier alpha value is -4.06. The van der Waals surface area contributed by atoms with Crippen LogP contribution in [0.5, 0.6) is 11.5 Å². The van der Waals surface area contributed by atoms with Gasteiger partial charge in [-0.1, -0.05) is 54.1 Å². The summed E-state index contributed by atoms with van der Waals surface area (Å²) >= 11 is 0. The molecule has 0 spiro atoms. The lowest BCUT2D eigenvalue weighted by atomic mass is 9.95. The highest BCUT2D eigenvalue weighted by molar-refractivity contribution is 6.11. The lowest BCUT2D eigenvalue weighted by Gasteiger charge is -2.27. The lowest BCUT2D eigenvalue weighted by molar-refractivity contribution is 0.0988. The number of nitrogens with one attached hydrogen (secondary N) is 1. The van der Waals surface area contributed by atoms with E-state index in [4.69, 9.17) is 9.47 Å². The number of amides is 1. The molecule has 6 heteroatoms. The number of rotatable bonds is 5. The Morgan fingerprint density at radius 1 is 0.906 bits per heavy atom. The number of methoxy groups -OCH3 is 2. The molecule has 0 radical (unpaired) electrons. The second-order valence-corrected chi connectivity index (χ2v) is 7.75. The molecule has 32 heavy (non-hydrogen) atoms. The van der Waals surface area contributed by atoms with Crippen LogP contribution in [0.3, 0.4) is 0 Å². The third kappa shape index (κ3) is 3.12. The molecular formula is C26H23N3O3. The molecule has 160 valence electrons. The molecule has 0 saturated carbocycles. The number of ether oxygens (including phenoxy) is 2. The van der Waals surface area contributed by atoms with E-state index in [1.807, 2.05) is 84.6 Å². The Morgan fingerprint density at radius 3 is 2.31 bits per heavy atom. The van der Waals surface area contributed by atoms with E-state index < -0.39 is 0 Å². The van der Waals surface area contributed by atoms with Gasteiger partial charge in [0.15, 0.2) is 11.5 Å². The average Bonchev–Trinajstić information content (AvgIpc) is 3.38. The van der Waals surface area contributed by atoms with Gasteiger partial charge in [-0.2, -0.15) is 5.10 Å². The van der Waals surface area contributed by atoms with E-state index in [2.05, 4.69) is 10.2 Å². The highest BCUT2D eigenvalue weighted by atomic mass is 16.5. The van der Waals surface area contributed by atoms with Crippen molar-refractivity contribution in [2.75, 3.05) is 19.1 Å². The summed E-state index contributed by atoms with van der Waals surface area (Å²) in [4.78, 5) is 15.4. The maximum Gasteiger partial charge on any atom is 0.277 e. The van der Waals surface area contributed by atoms with Crippen molar-refractivity contribution in [1.29, 1.82) is 0 Å². The van der Waals surface area contributed by atoms with Crippen LogP contribution in [0.4, 0.5) is 5.69 Å². The molecule has 4 aromatic rings. The molecule has 1 N–H and O–H groups in total. The number of hydrogen-bond donors (Lipinski definition) is 1. The Morgan fingerprint density at radius 2 is 1.62 bits per heavy atom. The van der Waals surface area contributed by atoms with E-state index in [-0.39, 0.29) is 11.9 Å². The van der Waals surface area contributed by atoms with Crippen LogP contribution in [0.15, 0.2) is 72.8 Å². The minimum atomic E-state index is -0.366. The highest BCUT2D eigenvalue weighted by Gasteiger charge is 2.43. The van der Waals surface area contributed by atoms with Crippen molar-refractivity contribution in [2.24, 2.45) is 0 Å². The fourth-order valence-electron chi connectivity index (χ4n) is 4.27. The van der Waals surface area contributed by atoms with Crippen LogP contribution in [0.2, 0.25) is 0 Å². The van der Waals surface area contributed by atoms with E-state index in [1.54, 1.807) is 14.2 Å². The zero-order valence-electron chi connectivity index (χ0n) is 18.1. The number of para-hydroxylation sites is 1. The summed E-state index contributed by atoms with van der Waals surface area (Å²) < 4.78 is 11.0. The molecule has 0 bridgehead atoms. The van der Waals surface area contributed by atoms with E-state index in [0.717, 1.165) is 28.1 Å². The van der Waals surface area contributed by atoms with Gasteiger partial charge in [-0.25, -0.2) is 0 Å². The molecule has 5 rings (SSSR count). The molecule has 0 fully saturated rings. The number of fused-ring (bicyclic) bond motifs is 1. The van der Waals surface area contributed by atoms with Crippen molar-refractivity contribution in [3.8, 4) is 22.8 Å². The monoisotopic (exact) mass is 425 g/mol. The number of aryl methyl sites for hydroxylation is 1. The van der Waals surface area contributed by atoms with Gasteiger partial charge in [0, 0.05) is 16.8 Å². The second-order valence-electron chi connectivity index (χ2n) is 7.75. The predicted octanol–water partition coefficient (Wildman–Crippen LogP) is 5.15. The van der Waals surface area contributed by atoms with Gasteiger partial charge in [-0.3, -0.25) is 14.8 Å². The van der Waals surface area contributed by atoms with Gasteiger partial charge in [0.1, 0.15) is 5.69 Å². The van der Waals surface area contributed by atoms with Gasteiger partial charge in [-0.15, -0.1) is 0 Å². The first-order chi connectivity index (χ1) is 15.6. The lowest BCUT2D eigenvalue weighted by Crippen LogP contribution is -2.29. The topological polar surface area (TPSA) is 67.5 Å². The van der Waals surface area contributed by atoms with Crippen molar-refractivity contribution >= 4 is 11.6 Å². The van der Waals surface area contributed by atoms with Crippen LogP contribution in [0, 0.1) is 6.92 Å². The molecule has 2 heterocycles. The van der Waals surface area contributed by atoms with E-state index >= 15 is 0 Å². The van der Waals surface area contributed by atoms with Crippen molar-refractivity contribution in [3.05, 3.63) is 95.2 Å². The van der Waals surface area contributed by atoms with Crippen LogP contribution in [-0.4, -0.2) is 30.3 Å². The molecule has 0 saturated heterocycles. The number of aromatic amines is 1. The Kier molecular flexibility index (Phi) is 4.90. The van der Waals surface area contributed by atoms with E-state index in [0.29, 0.717) is 17.2 Å². The fourth-order valence-corrected chi connectivity index (χ4v) is 4.27. The molecule has 1 amide bonds. The summed E-state index contributed by atoms with van der Waals surface area (Å²) in [5.41, 5.74) is 5.98. The quantitative estimate of drug-likeness (QED) is 0.480. The number of H-pyrrole nitrogens is 1. The fraction of sp³-hybridized carbons (Fsp3) is 0.154. The molecule has 3 aromatic carbocycles. The second kappa shape index (κ2) is 7.89. The van der Waals surface area contributed by atoms with Crippen molar-refractivity contribution < 1.29 is 14.3 Å². The molecule has 1 atom stereocenters. The SMILES string of the molecule is COc1ccc([C@H]2c3c(-c4ccc(C)cc4)n[nH]c3C(=O)N2c2ccccc2)cc1OC. The molecule has 6 nitrogen and oxygen atoms in total. The van der Waals surface area contributed by atoms with Crippen molar-refractivity contribution in [1.82, 2.24) is 10.2 Å². The third-order valence-corrected chi connectivity index (χ3v) is 5.85. The molecule has 0 aliphatic carbocycles. The normalized spacial score (nSPS) is 15.0. The smallest absolute Gasteiger partial charge is 0.277 e. The van der Waals surface area contributed by atoms with Crippen molar-refractivity contribution in [2.45, 2.75) is 13.0 Å². The van der Waals surface area contributed by atoms with Crippen LogP contribution in [0.1, 0.15) is 33.2 Å². The van der Waals surface area contributed by atoms with Gasteiger partial charge in [0.25, 0.3) is 5.91 Å². The minimum absolute atomic E-state index is 0.114. The summed E-state index contributed by atoms with van der Waals surface area (Å²) in [5.74, 6) is 1.13. The first kappa shape index (κ1) is 19.9. The summed E-state index contributed by atoms with van der Waals surface area (Å²) in [6, 6.07) is 23.2. The van der Waals surface area contributed by atoms with Crippen LogP contribution in [0.25, 0.3) is 11.3 Å². The summed E-state index contributed by atoms with van der Waals surface area (Å²) in [7, 11) is 3.22. The number of anilines is 1. The maximum atomic E-state index is 13.6. The van der Waals surface area contributed by atoms with E-state index in [9.17, 15) is 4.79 Å². The highest BCUT2D eigenvalue weighted by Crippen LogP contribution is 2.46. The van der Waals surface area contributed by atoms with Crippen LogP contribution in [-0.2, 0) is 0 Å². The summed E-state index contributed by atoms with van der Waals surface area (Å²) in [6.07, 6.45) is 0. The van der Waals surface area contributed by atoms with Gasteiger partial charge < -0.3 is 9.47 Å². The van der Waals surface area contributed by atoms with Gasteiger partial charge in [0.05, 0.1) is 26.0 Å². The van der Waals surface area contributed by atoms with Gasteiger partial charge in [0.2, 0.25) is 0 Å². The van der Waals surface area contributed by atoms with Gasteiger partial charge >= 0.3 is 0 Å². The minimum Gasteiger partial charge on any atom is -0.493 e. The maximum absolute atomic E-state index is 13.6. The zero-order valence-corrected chi connectivity index (χ0v) is 18.1. The van der Waals surface area contributed by atoms with Crippen LogP contribution >= 0.6 is 0 Å². The third-order valence-electron chi connectivity index (χ3n) is 5.85.